The van der Waals surface area contributed by atoms with Crippen LogP contribution in [0.15, 0.2) is 58.5 Å². The zero-order valence-electron chi connectivity index (χ0n) is 26.9. The highest BCUT2D eigenvalue weighted by molar-refractivity contribution is 5.93. The number of halogens is 3. The zero-order valence-corrected chi connectivity index (χ0v) is 26.9. The van der Waals surface area contributed by atoms with Crippen LogP contribution in [-0.4, -0.2) is 97.1 Å². The van der Waals surface area contributed by atoms with Crippen LogP contribution in [0.5, 0.6) is 0 Å². The molecule has 2 aromatic carbocycles. The molecule has 3 aromatic rings. The van der Waals surface area contributed by atoms with Crippen molar-refractivity contribution in [3.63, 3.8) is 0 Å². The number of carbonyl (C=O) groups excluding carboxylic acids is 2. The number of rotatable bonds is 12. The molecule has 0 saturated carbocycles. The number of esters is 1. The lowest BCUT2D eigenvalue weighted by Gasteiger charge is -2.36. The molecule has 13 nitrogen and oxygen atoms in total. The number of quaternary nitrogens is 1. The van der Waals surface area contributed by atoms with Gasteiger partial charge in [0, 0.05) is 24.3 Å². The molecule has 0 aliphatic carbocycles. The van der Waals surface area contributed by atoms with Crippen LogP contribution in [-0.2, 0) is 31.9 Å². The molecule has 2 N–H and O–H groups in total. The van der Waals surface area contributed by atoms with Gasteiger partial charge in [-0.25, -0.2) is 19.3 Å². The molecular weight excluding hydrogens is 637 g/mol. The number of nitrogens with zero attached hydrogens (tertiary/aromatic N) is 5. The van der Waals surface area contributed by atoms with E-state index >= 15 is 0 Å². The lowest BCUT2D eigenvalue weighted by Crippen LogP contribution is -2.44. The first-order valence-electron chi connectivity index (χ1n) is 14.7. The molecule has 0 radical (unpaired) electrons. The molecule has 1 aliphatic rings. The number of methoxy groups -OCH3 is 1. The fourth-order valence-electron chi connectivity index (χ4n) is 5.47. The first-order valence-corrected chi connectivity index (χ1v) is 14.7. The van der Waals surface area contributed by atoms with Crippen molar-refractivity contribution in [3.05, 3.63) is 86.5 Å². The maximum Gasteiger partial charge on any atom is 0.393 e. The minimum atomic E-state index is -4.44. The molecule has 1 atom stereocenters. The summed E-state index contributed by atoms with van der Waals surface area (Å²) in [6.45, 7) is 2.98. The number of hydrogen-bond donors (Lipinski definition) is 2. The van der Waals surface area contributed by atoms with Crippen molar-refractivity contribution < 1.29 is 46.9 Å². The summed E-state index contributed by atoms with van der Waals surface area (Å²) in [5.41, 5.74) is 1.71. The van der Waals surface area contributed by atoms with Crippen LogP contribution in [0.2, 0.25) is 0 Å². The van der Waals surface area contributed by atoms with Gasteiger partial charge in [-0.1, -0.05) is 18.2 Å². The van der Waals surface area contributed by atoms with E-state index in [0.29, 0.717) is 47.4 Å². The summed E-state index contributed by atoms with van der Waals surface area (Å²) in [5, 5.41) is 33.6. The monoisotopic (exact) mass is 674 g/mol. The van der Waals surface area contributed by atoms with Crippen LogP contribution < -0.4 is 15.7 Å². The third-order valence-electron chi connectivity index (χ3n) is 7.75. The Bertz CT molecular complexity index is 1730. The smallest absolute Gasteiger partial charge is 0.393 e. The van der Waals surface area contributed by atoms with Gasteiger partial charge in [0.05, 0.1) is 71.2 Å². The third kappa shape index (κ3) is 9.09. The number of alkyl halides is 3. The van der Waals surface area contributed by atoms with Crippen molar-refractivity contribution in [1.29, 1.82) is 5.26 Å². The number of allylic oxidation sites excluding steroid dienone is 1. The third-order valence-corrected chi connectivity index (χ3v) is 7.75. The Morgan fingerprint density at radius 3 is 2.54 bits per heavy atom. The molecule has 1 aliphatic heterocycles. The van der Waals surface area contributed by atoms with Gasteiger partial charge in [0.15, 0.2) is 0 Å². The van der Waals surface area contributed by atoms with Gasteiger partial charge in [-0.2, -0.15) is 18.4 Å². The number of nitriles is 1. The first kappa shape index (κ1) is 37.5. The number of nitrogens with one attached hydrogen (secondary N) is 1. The number of carbonyl (C=O) groups is 2. The molecule has 4 rings (SSSR count). The van der Waals surface area contributed by atoms with Crippen LogP contribution >= 0.6 is 0 Å². The Morgan fingerprint density at radius 2 is 1.92 bits per heavy atom. The Morgan fingerprint density at radius 1 is 1.21 bits per heavy atom. The summed E-state index contributed by atoms with van der Waals surface area (Å²) >= 11 is 0. The first-order chi connectivity index (χ1) is 22.7. The number of fused-ring (bicyclic) bond motifs is 1. The number of anilines is 2. The van der Waals surface area contributed by atoms with Crippen molar-refractivity contribution in [2.45, 2.75) is 32.0 Å². The standard InChI is InChI=1S/C31H35F3N6O5.CH2O2/c1-20-26(28(42)44-4)27(25-9-8-22(19-35)16-23(25)10-11-40(2,3)12-14-45-15-13-41)39-29(36-37-30(39)43)38(20)24-7-5-6-21(17-24)18-31(32,33)34;2-1-3/h5-9,16-17,27,41H,10-15,18H2,1-4H3;1H,(H,2,3)/t27-;/m1./s1. The zero-order chi connectivity index (χ0) is 35.6. The molecule has 16 heteroatoms. The number of aromatic nitrogens is 3. The maximum absolute atomic E-state index is 13.5. The SMILES string of the molecule is COC(=O)C1=C(C)N(c2cccc(CC(F)(F)F)c2)c2n[nH]c(=O)n2[C@@H]1c1ccc(C#N)cc1CC[N+](C)(C)CCOCCO.O=C[O-]. The van der Waals surface area contributed by atoms with Crippen LogP contribution in [0.1, 0.15) is 35.2 Å². The summed E-state index contributed by atoms with van der Waals surface area (Å²) in [6.07, 6.45) is -5.13. The summed E-state index contributed by atoms with van der Waals surface area (Å²) in [5.74, 6) is -0.660. The number of aliphatic hydroxyl groups excluding tert-OH is 1. The highest BCUT2D eigenvalue weighted by atomic mass is 19.4. The van der Waals surface area contributed by atoms with E-state index < -0.39 is 36.8 Å². The van der Waals surface area contributed by atoms with Gasteiger partial charge in [0.1, 0.15) is 12.6 Å². The van der Waals surface area contributed by atoms with E-state index in [9.17, 15) is 28.0 Å². The lowest BCUT2D eigenvalue weighted by atomic mass is 9.89. The Kier molecular flexibility index (Phi) is 12.7. The molecule has 0 fully saturated rings. The number of aliphatic hydroxyl groups is 1. The molecule has 1 aromatic heterocycles. The van der Waals surface area contributed by atoms with Crippen molar-refractivity contribution in [1.82, 2.24) is 14.8 Å². The molecule has 0 saturated heterocycles. The van der Waals surface area contributed by atoms with E-state index in [4.69, 9.17) is 24.5 Å². The van der Waals surface area contributed by atoms with Gasteiger partial charge < -0.3 is 29.0 Å². The highest BCUT2D eigenvalue weighted by Gasteiger charge is 2.40. The number of benzene rings is 2. The van der Waals surface area contributed by atoms with E-state index in [1.165, 1.54) is 34.8 Å². The van der Waals surface area contributed by atoms with Crippen LogP contribution in [0.25, 0.3) is 0 Å². The molecule has 0 bridgehead atoms. The van der Waals surface area contributed by atoms with E-state index in [1.807, 2.05) is 14.1 Å². The fourth-order valence-corrected chi connectivity index (χ4v) is 5.47. The second-order valence-electron chi connectivity index (χ2n) is 11.5. The lowest BCUT2D eigenvalue weighted by molar-refractivity contribution is -0.890. The minimum absolute atomic E-state index is 0.00384. The largest absolute Gasteiger partial charge is 0.554 e. The van der Waals surface area contributed by atoms with Gasteiger partial charge in [0.25, 0.3) is 0 Å². The van der Waals surface area contributed by atoms with E-state index in [-0.39, 0.29) is 36.0 Å². The summed E-state index contributed by atoms with van der Waals surface area (Å²) in [7, 11) is 5.24. The van der Waals surface area contributed by atoms with Gasteiger partial charge >= 0.3 is 17.8 Å². The molecule has 0 spiro atoms. The number of aromatic amines is 1. The second kappa shape index (κ2) is 16.2. The summed E-state index contributed by atoms with van der Waals surface area (Å²) < 4.78 is 52.1. The van der Waals surface area contributed by atoms with Crippen molar-refractivity contribution in [2.24, 2.45) is 0 Å². The summed E-state index contributed by atoms with van der Waals surface area (Å²) in [4.78, 5) is 36.5. The average molecular weight is 675 g/mol. The van der Waals surface area contributed by atoms with Crippen molar-refractivity contribution in [3.8, 4) is 6.07 Å². The van der Waals surface area contributed by atoms with Gasteiger partial charge in [-0.3, -0.25) is 4.90 Å². The topological polar surface area (TPSA) is 174 Å². The number of hydrogen-bond acceptors (Lipinski definition) is 10. The molecule has 48 heavy (non-hydrogen) atoms. The van der Waals surface area contributed by atoms with Crippen molar-refractivity contribution >= 4 is 24.1 Å². The normalized spacial score (nSPS) is 14.5. The Balaban J connectivity index is 0.00000201. The quantitative estimate of drug-likeness (QED) is 0.125. The number of carboxylic acid groups (broad SMARTS) is 1. The van der Waals surface area contributed by atoms with Crippen LogP contribution in [0.3, 0.4) is 0 Å². The van der Waals surface area contributed by atoms with Gasteiger partial charge in [-0.15, -0.1) is 5.10 Å². The van der Waals surface area contributed by atoms with Gasteiger partial charge in [0.2, 0.25) is 5.95 Å². The van der Waals surface area contributed by atoms with Crippen LogP contribution in [0, 0.1) is 11.3 Å². The number of H-pyrrole nitrogens is 1. The molecule has 0 unspecified atom stereocenters. The van der Waals surface area contributed by atoms with Crippen LogP contribution in [0.4, 0.5) is 24.8 Å². The number of ether oxygens (including phenoxy) is 2. The average Bonchev–Trinajstić information content (AvgIpc) is 3.41. The minimum Gasteiger partial charge on any atom is -0.554 e. The fraction of sp³-hybridized carbons (Fsp3) is 0.406. The Hall–Kier alpha value is -4.98. The predicted molar refractivity (Wildman–Crippen MR) is 165 cm³/mol. The highest BCUT2D eigenvalue weighted by Crippen LogP contribution is 2.43. The van der Waals surface area contributed by atoms with E-state index in [0.717, 1.165) is 5.56 Å². The van der Waals surface area contributed by atoms with E-state index in [2.05, 4.69) is 16.3 Å². The number of likely N-dealkylation sites (N-methyl/N-ethyl adjacent to an activating group) is 1. The van der Waals surface area contributed by atoms with E-state index in [1.54, 1.807) is 31.2 Å². The predicted octanol–water partition coefficient (Wildman–Crippen LogP) is 1.73. The molecule has 2 heterocycles. The molecular formula is C32H37F3N6O7. The maximum atomic E-state index is 13.5. The second-order valence-corrected chi connectivity index (χ2v) is 11.5. The molecule has 258 valence electrons. The Labute approximate surface area is 274 Å². The summed E-state index contributed by atoms with van der Waals surface area (Å²) in [6, 6.07) is 11.9. The molecule has 0 amide bonds. The van der Waals surface area contributed by atoms with Gasteiger partial charge in [-0.05, 0) is 47.9 Å². The van der Waals surface area contributed by atoms with Crippen molar-refractivity contribution in [2.75, 3.05) is 59.0 Å².